The lowest BCUT2D eigenvalue weighted by molar-refractivity contribution is -0.218. The van der Waals surface area contributed by atoms with E-state index in [1.54, 1.807) is 6.92 Å². The molecule has 0 bridgehead atoms. The van der Waals surface area contributed by atoms with Gasteiger partial charge in [-0.15, -0.1) is 0 Å². The van der Waals surface area contributed by atoms with Crippen LogP contribution in [0.1, 0.15) is 24.5 Å². The molecule has 0 aliphatic carbocycles. The first-order valence-corrected chi connectivity index (χ1v) is 6.92. The van der Waals surface area contributed by atoms with Crippen molar-refractivity contribution in [3.05, 3.63) is 41.2 Å². The Hall–Kier alpha value is -2.36. The van der Waals surface area contributed by atoms with E-state index in [9.17, 15) is 33.7 Å². The van der Waals surface area contributed by atoms with Crippen LogP contribution in [0.15, 0.2) is 18.4 Å². The summed E-state index contributed by atoms with van der Waals surface area (Å²) in [6.07, 6.45) is 1.16. The van der Waals surface area contributed by atoms with Crippen LogP contribution < -0.4 is 5.32 Å². The summed E-state index contributed by atoms with van der Waals surface area (Å²) in [6.45, 7) is 2.06. The van der Waals surface area contributed by atoms with Crippen molar-refractivity contribution in [3.63, 3.8) is 0 Å². The first-order chi connectivity index (χ1) is 11.1. The molecule has 2 rings (SSSR count). The third kappa shape index (κ3) is 3.14. The topological polar surface area (TPSA) is 116 Å². The molecule has 1 saturated heterocycles. The SMILES string of the molecule is CCO/C=C/c1cc(F)c(C2(O)CC(O)(O)C(=O)NC2=O)c(F)c1. The van der Waals surface area contributed by atoms with Crippen LogP contribution in [0.2, 0.25) is 0 Å². The van der Waals surface area contributed by atoms with Crippen molar-refractivity contribution in [1.82, 2.24) is 5.32 Å². The van der Waals surface area contributed by atoms with Crippen LogP contribution in [0.5, 0.6) is 0 Å². The smallest absolute Gasteiger partial charge is 0.286 e. The molecule has 4 N–H and O–H groups in total. The maximum atomic E-state index is 14.3. The maximum Gasteiger partial charge on any atom is 0.286 e. The van der Waals surface area contributed by atoms with Crippen molar-refractivity contribution in [3.8, 4) is 0 Å². The predicted molar refractivity (Wildman–Crippen MR) is 75.9 cm³/mol. The zero-order chi connectivity index (χ0) is 18.1. The lowest BCUT2D eigenvalue weighted by atomic mass is 9.81. The van der Waals surface area contributed by atoms with E-state index in [0.29, 0.717) is 6.61 Å². The Morgan fingerprint density at radius 2 is 1.79 bits per heavy atom. The molecule has 1 aromatic rings. The molecule has 1 aliphatic heterocycles. The molecule has 1 unspecified atom stereocenters. The van der Waals surface area contributed by atoms with E-state index in [2.05, 4.69) is 0 Å². The molecule has 1 fully saturated rings. The van der Waals surface area contributed by atoms with Crippen molar-refractivity contribution in [2.24, 2.45) is 0 Å². The van der Waals surface area contributed by atoms with Gasteiger partial charge in [0.1, 0.15) is 11.6 Å². The third-order valence-electron chi connectivity index (χ3n) is 3.47. The highest BCUT2D eigenvalue weighted by atomic mass is 19.1. The van der Waals surface area contributed by atoms with Gasteiger partial charge >= 0.3 is 0 Å². The molecule has 1 heterocycles. The van der Waals surface area contributed by atoms with E-state index in [1.807, 2.05) is 0 Å². The Morgan fingerprint density at radius 1 is 1.21 bits per heavy atom. The molecule has 1 aromatic carbocycles. The number of imide groups is 1. The summed E-state index contributed by atoms with van der Waals surface area (Å²) in [4.78, 5) is 23.1. The van der Waals surface area contributed by atoms with Gasteiger partial charge in [0.2, 0.25) is 5.79 Å². The van der Waals surface area contributed by atoms with Gasteiger partial charge in [0.15, 0.2) is 5.60 Å². The summed E-state index contributed by atoms with van der Waals surface area (Å²) in [5.41, 5.74) is -4.00. The first kappa shape index (κ1) is 18.0. The number of hydrogen-bond acceptors (Lipinski definition) is 6. The van der Waals surface area contributed by atoms with E-state index >= 15 is 0 Å². The molecule has 2 amide bonds. The molecule has 7 nitrogen and oxygen atoms in total. The van der Waals surface area contributed by atoms with Crippen LogP contribution in [0.4, 0.5) is 8.78 Å². The molecule has 0 spiro atoms. The Balaban J connectivity index is 2.47. The number of rotatable bonds is 4. The van der Waals surface area contributed by atoms with Gasteiger partial charge in [-0.05, 0) is 30.7 Å². The number of amides is 2. The second kappa shape index (κ2) is 6.27. The normalized spacial score (nSPS) is 23.4. The number of carbonyl (C=O) groups excluding carboxylic acids is 2. The largest absolute Gasteiger partial charge is 0.501 e. The average Bonchev–Trinajstić information content (AvgIpc) is 2.44. The Kier molecular flexibility index (Phi) is 4.70. The molecule has 0 aromatic heterocycles. The number of halogens is 2. The van der Waals surface area contributed by atoms with E-state index in [1.165, 1.54) is 17.7 Å². The van der Waals surface area contributed by atoms with Gasteiger partial charge in [0.25, 0.3) is 11.8 Å². The summed E-state index contributed by atoms with van der Waals surface area (Å²) >= 11 is 0. The highest BCUT2D eigenvalue weighted by Gasteiger charge is 2.56. The lowest BCUT2D eigenvalue weighted by Crippen LogP contribution is -2.64. The monoisotopic (exact) mass is 343 g/mol. The highest BCUT2D eigenvalue weighted by Crippen LogP contribution is 2.37. The summed E-state index contributed by atoms with van der Waals surface area (Å²) in [7, 11) is 0. The Labute approximate surface area is 135 Å². The zero-order valence-corrected chi connectivity index (χ0v) is 12.5. The van der Waals surface area contributed by atoms with Gasteiger partial charge in [0.05, 0.1) is 24.9 Å². The third-order valence-corrected chi connectivity index (χ3v) is 3.47. The van der Waals surface area contributed by atoms with Gasteiger partial charge in [-0.25, -0.2) is 8.78 Å². The molecule has 130 valence electrons. The second-order valence-corrected chi connectivity index (χ2v) is 5.25. The first-order valence-electron chi connectivity index (χ1n) is 6.92. The molecule has 1 aliphatic rings. The predicted octanol–water partition coefficient (Wildman–Crippen LogP) is -0.113. The van der Waals surface area contributed by atoms with Gasteiger partial charge in [-0.2, -0.15) is 0 Å². The van der Waals surface area contributed by atoms with Gasteiger partial charge in [-0.1, -0.05) is 0 Å². The van der Waals surface area contributed by atoms with E-state index in [4.69, 9.17) is 4.74 Å². The van der Waals surface area contributed by atoms with E-state index in [0.717, 1.165) is 12.1 Å². The van der Waals surface area contributed by atoms with Crippen LogP contribution in [-0.2, 0) is 19.9 Å². The van der Waals surface area contributed by atoms with E-state index in [-0.39, 0.29) is 5.56 Å². The number of ether oxygens (including phenoxy) is 1. The fourth-order valence-electron chi connectivity index (χ4n) is 2.33. The number of piperidine rings is 1. The second-order valence-electron chi connectivity index (χ2n) is 5.25. The van der Waals surface area contributed by atoms with Crippen LogP contribution in [0, 0.1) is 11.6 Å². The van der Waals surface area contributed by atoms with Crippen molar-refractivity contribution >= 4 is 17.9 Å². The van der Waals surface area contributed by atoms with Crippen LogP contribution in [-0.4, -0.2) is 39.5 Å². The van der Waals surface area contributed by atoms with Crippen LogP contribution >= 0.6 is 0 Å². The molecule has 1 atom stereocenters. The molecule has 0 saturated carbocycles. The number of benzene rings is 1. The van der Waals surface area contributed by atoms with Crippen LogP contribution in [0.3, 0.4) is 0 Å². The Morgan fingerprint density at radius 3 is 2.33 bits per heavy atom. The molecular weight excluding hydrogens is 328 g/mol. The molecular formula is C15H15F2NO6. The minimum Gasteiger partial charge on any atom is -0.501 e. The lowest BCUT2D eigenvalue weighted by Gasteiger charge is -2.37. The summed E-state index contributed by atoms with van der Waals surface area (Å²) in [5, 5.41) is 30.8. The van der Waals surface area contributed by atoms with Crippen molar-refractivity contribution in [2.75, 3.05) is 6.61 Å². The molecule has 0 radical (unpaired) electrons. The molecule has 24 heavy (non-hydrogen) atoms. The van der Waals surface area contributed by atoms with Crippen molar-refractivity contribution < 1.29 is 38.4 Å². The van der Waals surface area contributed by atoms with Crippen LogP contribution in [0.25, 0.3) is 6.08 Å². The van der Waals surface area contributed by atoms with Gasteiger partial charge in [-0.3, -0.25) is 14.9 Å². The Bertz CT molecular complexity index is 695. The fraction of sp³-hybridized carbons (Fsp3) is 0.333. The van der Waals surface area contributed by atoms with Crippen molar-refractivity contribution in [2.45, 2.75) is 24.7 Å². The average molecular weight is 343 g/mol. The van der Waals surface area contributed by atoms with Crippen molar-refractivity contribution in [1.29, 1.82) is 0 Å². The number of nitrogens with one attached hydrogen (secondary N) is 1. The van der Waals surface area contributed by atoms with Gasteiger partial charge < -0.3 is 20.1 Å². The summed E-state index contributed by atoms with van der Waals surface area (Å²) in [5.74, 6) is -8.70. The zero-order valence-electron chi connectivity index (χ0n) is 12.5. The van der Waals surface area contributed by atoms with E-state index < -0.39 is 46.8 Å². The summed E-state index contributed by atoms with van der Waals surface area (Å²) in [6, 6.07) is 1.65. The molecule has 9 heteroatoms. The number of aliphatic hydroxyl groups is 3. The highest BCUT2D eigenvalue weighted by molar-refractivity contribution is 6.05. The maximum absolute atomic E-state index is 14.3. The van der Waals surface area contributed by atoms with Gasteiger partial charge in [0, 0.05) is 0 Å². The fourth-order valence-corrected chi connectivity index (χ4v) is 2.33. The summed E-state index contributed by atoms with van der Waals surface area (Å²) < 4.78 is 33.4. The minimum atomic E-state index is -3.16. The number of hydrogen-bond donors (Lipinski definition) is 4. The minimum absolute atomic E-state index is 0.0531. The quantitative estimate of drug-likeness (QED) is 0.344. The number of carbonyl (C=O) groups is 2. The standard InChI is InChI=1S/C15H15F2NO6/c1-2-24-4-3-8-5-9(16)11(10(17)6-8)14(21)7-15(22,23)13(20)18-12(14)19/h3-6,21-23H,2,7H2,1H3,(H,18,19,20)/b4-3+.